The molecule has 1 aliphatic carbocycles. The molecule has 0 heterocycles. The van der Waals surface area contributed by atoms with E-state index in [0.29, 0.717) is 5.75 Å². The lowest BCUT2D eigenvalue weighted by atomic mass is 9.61. The molecule has 1 saturated carbocycles. The van der Waals surface area contributed by atoms with Crippen LogP contribution in [0, 0.1) is 0 Å². The van der Waals surface area contributed by atoms with Crippen molar-refractivity contribution in [1.82, 2.24) is 0 Å². The molecule has 1 fully saturated rings. The average molecular weight is 329 g/mol. The van der Waals surface area contributed by atoms with E-state index >= 15 is 0 Å². The molecule has 0 amide bonds. The lowest BCUT2D eigenvalue weighted by Gasteiger charge is -2.47. The van der Waals surface area contributed by atoms with Gasteiger partial charge in [0, 0.05) is 11.0 Å². The second-order valence-corrected chi connectivity index (χ2v) is 6.67. The standard InChI is InChI=1S/C15H21BrO3/c1-14(6-4-5-7-15(14,2)18)10-8-13(19-3)11(16)9-12(10)17/h8-9,17-18H,4-7H2,1-3H3. The zero-order chi connectivity index (χ0) is 14.3. The van der Waals surface area contributed by atoms with Crippen molar-refractivity contribution in [3.63, 3.8) is 0 Å². The molecule has 4 heteroatoms. The third-order valence-electron chi connectivity index (χ3n) is 4.64. The molecule has 2 rings (SSSR count). The summed E-state index contributed by atoms with van der Waals surface area (Å²) in [5.41, 5.74) is -0.512. The van der Waals surface area contributed by atoms with Gasteiger partial charge in [0.15, 0.2) is 0 Å². The molecule has 0 radical (unpaired) electrons. The van der Waals surface area contributed by atoms with Crippen molar-refractivity contribution in [3.8, 4) is 11.5 Å². The molecule has 1 aromatic carbocycles. The van der Waals surface area contributed by atoms with Crippen molar-refractivity contribution in [2.45, 2.75) is 50.5 Å². The van der Waals surface area contributed by atoms with Crippen LogP contribution in [0.4, 0.5) is 0 Å². The van der Waals surface area contributed by atoms with Crippen LogP contribution in [0.1, 0.15) is 45.1 Å². The van der Waals surface area contributed by atoms with Gasteiger partial charge in [-0.2, -0.15) is 0 Å². The molecule has 1 aliphatic rings. The monoisotopic (exact) mass is 328 g/mol. The summed E-state index contributed by atoms with van der Waals surface area (Å²) in [5.74, 6) is 0.882. The first kappa shape index (κ1) is 14.7. The number of phenols is 1. The Morgan fingerprint density at radius 2 is 1.84 bits per heavy atom. The van der Waals surface area contributed by atoms with Gasteiger partial charge in [-0.25, -0.2) is 0 Å². The highest BCUT2D eigenvalue weighted by Gasteiger charge is 2.47. The fourth-order valence-corrected chi connectivity index (χ4v) is 3.55. The summed E-state index contributed by atoms with van der Waals surface area (Å²) in [7, 11) is 1.60. The summed E-state index contributed by atoms with van der Waals surface area (Å²) in [6.45, 7) is 3.88. The molecule has 3 nitrogen and oxygen atoms in total. The van der Waals surface area contributed by atoms with Crippen LogP contribution in [0.5, 0.6) is 11.5 Å². The van der Waals surface area contributed by atoms with E-state index in [1.807, 2.05) is 19.9 Å². The third kappa shape index (κ3) is 2.36. The minimum atomic E-state index is -0.818. The number of hydrogen-bond donors (Lipinski definition) is 2. The molecule has 1 aromatic rings. The van der Waals surface area contributed by atoms with Gasteiger partial charge in [0.05, 0.1) is 17.2 Å². The SMILES string of the molecule is COc1cc(C2(C)CCCCC2(C)O)c(O)cc1Br. The van der Waals surface area contributed by atoms with Crippen LogP contribution in [-0.4, -0.2) is 22.9 Å². The average Bonchev–Trinajstić information content (AvgIpc) is 2.33. The van der Waals surface area contributed by atoms with Gasteiger partial charge in [0.1, 0.15) is 11.5 Å². The van der Waals surface area contributed by atoms with E-state index in [1.54, 1.807) is 13.2 Å². The van der Waals surface area contributed by atoms with Crippen LogP contribution < -0.4 is 4.74 Å². The van der Waals surface area contributed by atoms with E-state index in [4.69, 9.17) is 4.74 Å². The van der Waals surface area contributed by atoms with Gasteiger partial charge in [0.2, 0.25) is 0 Å². The van der Waals surface area contributed by atoms with Gasteiger partial charge in [0.25, 0.3) is 0 Å². The number of methoxy groups -OCH3 is 1. The molecule has 2 N–H and O–H groups in total. The second-order valence-electron chi connectivity index (χ2n) is 5.82. The first-order valence-electron chi connectivity index (χ1n) is 6.61. The minimum absolute atomic E-state index is 0.206. The molecule has 0 saturated heterocycles. The van der Waals surface area contributed by atoms with Gasteiger partial charge in [-0.1, -0.05) is 19.8 Å². The summed E-state index contributed by atoms with van der Waals surface area (Å²) in [4.78, 5) is 0. The number of hydrogen-bond acceptors (Lipinski definition) is 3. The van der Waals surface area contributed by atoms with E-state index in [-0.39, 0.29) is 5.75 Å². The Hall–Kier alpha value is -0.740. The zero-order valence-electron chi connectivity index (χ0n) is 11.7. The number of aliphatic hydroxyl groups is 1. The van der Waals surface area contributed by atoms with E-state index in [2.05, 4.69) is 15.9 Å². The second kappa shape index (κ2) is 4.98. The number of benzene rings is 1. The lowest BCUT2D eigenvalue weighted by molar-refractivity contribution is -0.0480. The molecule has 0 aromatic heterocycles. The summed E-state index contributed by atoms with van der Waals surface area (Å²) >= 11 is 3.36. The summed E-state index contributed by atoms with van der Waals surface area (Å²) in [6.07, 6.45) is 3.70. The van der Waals surface area contributed by atoms with Gasteiger partial charge in [-0.05, 0) is 47.8 Å². The number of phenolic OH excluding ortho intramolecular Hbond substituents is 1. The molecule has 0 spiro atoms. The zero-order valence-corrected chi connectivity index (χ0v) is 13.2. The molecule has 106 valence electrons. The lowest BCUT2D eigenvalue weighted by Crippen LogP contribution is -2.49. The first-order chi connectivity index (χ1) is 8.82. The molecule has 0 aliphatic heterocycles. The van der Waals surface area contributed by atoms with Crippen molar-refractivity contribution in [2.24, 2.45) is 0 Å². The van der Waals surface area contributed by atoms with Crippen molar-refractivity contribution in [2.75, 3.05) is 7.11 Å². The molecule has 2 atom stereocenters. The third-order valence-corrected chi connectivity index (χ3v) is 5.26. The smallest absolute Gasteiger partial charge is 0.133 e. The molecule has 2 unspecified atom stereocenters. The summed E-state index contributed by atoms with van der Waals surface area (Å²) in [6, 6.07) is 3.48. The highest BCUT2D eigenvalue weighted by Crippen LogP contribution is 2.50. The number of rotatable bonds is 2. The summed E-state index contributed by atoms with van der Waals surface area (Å²) in [5, 5.41) is 21.0. The predicted molar refractivity (Wildman–Crippen MR) is 78.8 cm³/mol. The molecule has 0 bridgehead atoms. The fourth-order valence-electron chi connectivity index (χ4n) is 3.06. The maximum absolute atomic E-state index is 10.7. The van der Waals surface area contributed by atoms with Crippen LogP contribution in [0.25, 0.3) is 0 Å². The van der Waals surface area contributed by atoms with Crippen molar-refractivity contribution >= 4 is 15.9 Å². The fraction of sp³-hybridized carbons (Fsp3) is 0.600. The predicted octanol–water partition coefficient (Wildman–Crippen LogP) is 3.75. The van der Waals surface area contributed by atoms with E-state index in [9.17, 15) is 10.2 Å². The van der Waals surface area contributed by atoms with Crippen LogP contribution >= 0.6 is 15.9 Å². The van der Waals surface area contributed by atoms with Crippen LogP contribution in [-0.2, 0) is 5.41 Å². The van der Waals surface area contributed by atoms with E-state index in [1.165, 1.54) is 0 Å². The van der Waals surface area contributed by atoms with Gasteiger partial charge in [-0.3, -0.25) is 0 Å². The summed E-state index contributed by atoms with van der Waals surface area (Å²) < 4.78 is 6.02. The first-order valence-corrected chi connectivity index (χ1v) is 7.40. The van der Waals surface area contributed by atoms with Gasteiger partial charge < -0.3 is 14.9 Å². The van der Waals surface area contributed by atoms with E-state index in [0.717, 1.165) is 35.7 Å². The number of aromatic hydroxyl groups is 1. The van der Waals surface area contributed by atoms with Crippen LogP contribution in [0.15, 0.2) is 16.6 Å². The minimum Gasteiger partial charge on any atom is -0.508 e. The van der Waals surface area contributed by atoms with Gasteiger partial charge in [-0.15, -0.1) is 0 Å². The Labute approximate surface area is 122 Å². The molecule has 19 heavy (non-hydrogen) atoms. The maximum atomic E-state index is 10.7. The Balaban J connectivity index is 2.56. The quantitative estimate of drug-likeness (QED) is 0.869. The Kier molecular flexibility index (Phi) is 3.85. The normalized spacial score (nSPS) is 31.2. The molecular formula is C15H21BrO3. The number of ether oxygens (including phenoxy) is 1. The van der Waals surface area contributed by atoms with Crippen molar-refractivity contribution in [1.29, 1.82) is 0 Å². The van der Waals surface area contributed by atoms with Crippen LogP contribution in [0.2, 0.25) is 0 Å². The van der Waals surface area contributed by atoms with Crippen LogP contribution in [0.3, 0.4) is 0 Å². The number of halogens is 1. The molecular weight excluding hydrogens is 308 g/mol. The Morgan fingerprint density at radius 1 is 1.21 bits per heavy atom. The maximum Gasteiger partial charge on any atom is 0.133 e. The highest BCUT2D eigenvalue weighted by molar-refractivity contribution is 9.10. The van der Waals surface area contributed by atoms with E-state index < -0.39 is 11.0 Å². The van der Waals surface area contributed by atoms with Crippen molar-refractivity contribution < 1.29 is 14.9 Å². The highest BCUT2D eigenvalue weighted by atomic mass is 79.9. The largest absolute Gasteiger partial charge is 0.508 e. The topological polar surface area (TPSA) is 49.7 Å². The Morgan fingerprint density at radius 3 is 2.42 bits per heavy atom. The van der Waals surface area contributed by atoms with Crippen molar-refractivity contribution in [3.05, 3.63) is 22.2 Å². The van der Waals surface area contributed by atoms with Gasteiger partial charge >= 0.3 is 0 Å². The Bertz CT molecular complexity index is 485.